The Morgan fingerprint density at radius 1 is 0.941 bits per heavy atom. The van der Waals surface area contributed by atoms with E-state index in [0.29, 0.717) is 21.4 Å². The fourth-order valence-corrected chi connectivity index (χ4v) is 3.79. The monoisotopic (exact) mass is 518 g/mol. The van der Waals surface area contributed by atoms with E-state index in [0.717, 1.165) is 0 Å². The number of benzene rings is 3. The van der Waals surface area contributed by atoms with E-state index in [1.165, 1.54) is 32.2 Å². The molecule has 0 saturated carbocycles. The zero-order valence-corrected chi connectivity index (χ0v) is 20.2. The van der Waals surface area contributed by atoms with Crippen LogP contribution in [0, 0.1) is 0 Å². The average Bonchev–Trinajstić information content (AvgIpc) is 2.82. The second-order valence-electron chi connectivity index (χ2n) is 7.21. The summed E-state index contributed by atoms with van der Waals surface area (Å²) in [6, 6.07) is 16.0. The van der Waals surface area contributed by atoms with Crippen molar-refractivity contribution in [2.45, 2.75) is 13.0 Å². The Kier molecular flexibility index (Phi) is 7.03. The lowest BCUT2D eigenvalue weighted by Crippen LogP contribution is -2.30. The molecule has 1 unspecified atom stereocenters. The van der Waals surface area contributed by atoms with Gasteiger partial charge in [-0.05, 0) is 67.6 Å². The summed E-state index contributed by atoms with van der Waals surface area (Å²) in [7, 11) is 1.54. The molecule has 4 aromatic rings. The highest BCUT2D eigenvalue weighted by atomic mass is 35.5. The van der Waals surface area contributed by atoms with Gasteiger partial charge in [0, 0.05) is 15.6 Å². The van der Waals surface area contributed by atoms with E-state index in [1.807, 2.05) is 0 Å². The van der Waals surface area contributed by atoms with Gasteiger partial charge in [-0.1, -0.05) is 34.8 Å². The van der Waals surface area contributed by atoms with Crippen LogP contribution in [0.5, 0.6) is 17.2 Å². The lowest BCUT2D eigenvalue weighted by Gasteiger charge is -2.16. The van der Waals surface area contributed by atoms with Crippen LogP contribution in [-0.2, 0) is 4.79 Å². The summed E-state index contributed by atoms with van der Waals surface area (Å²) < 4.78 is 22.3. The van der Waals surface area contributed by atoms with Crippen molar-refractivity contribution < 1.29 is 23.4 Å². The van der Waals surface area contributed by atoms with Gasteiger partial charge in [0.15, 0.2) is 11.9 Å². The number of fused-ring (bicyclic) bond motifs is 1. The SMILES string of the molecule is COc1ccc(-c2oc3ccc(Cl)cc3c(=O)c2OC(=O)C(C)Oc2ccc(Cl)cc2Cl)cc1. The van der Waals surface area contributed by atoms with Gasteiger partial charge in [0.25, 0.3) is 0 Å². The minimum Gasteiger partial charge on any atom is -0.497 e. The third-order valence-electron chi connectivity index (χ3n) is 4.90. The van der Waals surface area contributed by atoms with E-state index in [9.17, 15) is 9.59 Å². The Bertz CT molecular complexity index is 1430. The van der Waals surface area contributed by atoms with E-state index in [2.05, 4.69) is 0 Å². The summed E-state index contributed by atoms with van der Waals surface area (Å²) in [5.74, 6) is -0.188. The van der Waals surface area contributed by atoms with Gasteiger partial charge in [-0.2, -0.15) is 0 Å². The highest BCUT2D eigenvalue weighted by molar-refractivity contribution is 6.35. The highest BCUT2D eigenvalue weighted by Crippen LogP contribution is 2.33. The Morgan fingerprint density at radius 2 is 1.62 bits per heavy atom. The number of rotatable bonds is 6. The third kappa shape index (κ3) is 4.99. The van der Waals surface area contributed by atoms with Crippen molar-refractivity contribution in [3.63, 3.8) is 0 Å². The van der Waals surface area contributed by atoms with E-state index in [-0.39, 0.29) is 33.3 Å². The molecule has 0 radical (unpaired) electrons. The van der Waals surface area contributed by atoms with Gasteiger partial charge in [0.1, 0.15) is 17.1 Å². The molecule has 0 amide bonds. The second kappa shape index (κ2) is 9.97. The first-order valence-corrected chi connectivity index (χ1v) is 11.1. The molecule has 1 aromatic heterocycles. The zero-order chi connectivity index (χ0) is 24.4. The maximum Gasteiger partial charge on any atom is 0.352 e. The molecule has 9 heteroatoms. The minimum absolute atomic E-state index is 0.0764. The van der Waals surface area contributed by atoms with E-state index in [1.54, 1.807) is 42.5 Å². The standard InChI is InChI=1S/C25H17Cl3O6/c1-13(32-21-10-6-16(27)12-19(21)28)25(30)34-24-22(29)18-11-15(26)5-9-20(18)33-23(24)14-3-7-17(31-2)8-4-14/h3-13H,1-2H3. The first-order chi connectivity index (χ1) is 16.3. The van der Waals surface area contributed by atoms with Crippen LogP contribution in [0.3, 0.4) is 0 Å². The molecule has 0 aliphatic heterocycles. The summed E-state index contributed by atoms with van der Waals surface area (Å²) in [5.41, 5.74) is 0.240. The molecule has 1 heterocycles. The second-order valence-corrected chi connectivity index (χ2v) is 8.49. The molecule has 4 rings (SSSR count). The molecule has 174 valence electrons. The first-order valence-electron chi connectivity index (χ1n) is 10.0. The molecule has 0 fully saturated rings. The first kappa shape index (κ1) is 24.0. The van der Waals surface area contributed by atoms with Crippen LogP contribution in [-0.4, -0.2) is 19.2 Å². The molecule has 0 aliphatic carbocycles. The molecule has 0 N–H and O–H groups in total. The van der Waals surface area contributed by atoms with Crippen LogP contribution in [0.25, 0.3) is 22.3 Å². The van der Waals surface area contributed by atoms with Gasteiger partial charge in [-0.3, -0.25) is 4.79 Å². The zero-order valence-electron chi connectivity index (χ0n) is 17.9. The fraction of sp³-hybridized carbons (Fsp3) is 0.120. The van der Waals surface area contributed by atoms with Crippen LogP contribution in [0.15, 0.2) is 69.9 Å². The predicted octanol–water partition coefficient (Wildman–Crippen LogP) is 6.80. The molecule has 1 atom stereocenters. The van der Waals surface area contributed by atoms with Crippen molar-refractivity contribution in [3.8, 4) is 28.6 Å². The Labute approximate surface area is 209 Å². The topological polar surface area (TPSA) is 75.0 Å². The van der Waals surface area contributed by atoms with Crippen molar-refractivity contribution in [3.05, 3.63) is 86.0 Å². The molecular formula is C25H17Cl3O6. The normalized spacial score (nSPS) is 11.8. The number of carbonyl (C=O) groups excluding carboxylic acids is 1. The van der Waals surface area contributed by atoms with Crippen LogP contribution < -0.4 is 19.6 Å². The number of ether oxygens (including phenoxy) is 3. The molecule has 0 saturated heterocycles. The highest BCUT2D eigenvalue weighted by Gasteiger charge is 2.25. The van der Waals surface area contributed by atoms with Crippen LogP contribution in [0.2, 0.25) is 15.1 Å². The minimum atomic E-state index is -1.10. The average molecular weight is 520 g/mol. The van der Waals surface area contributed by atoms with Gasteiger partial charge in [-0.15, -0.1) is 0 Å². The number of esters is 1. The smallest absolute Gasteiger partial charge is 0.352 e. The van der Waals surface area contributed by atoms with Crippen molar-refractivity contribution in [2.24, 2.45) is 0 Å². The molecule has 0 aliphatic rings. The molecule has 6 nitrogen and oxygen atoms in total. The van der Waals surface area contributed by atoms with E-state index in [4.69, 9.17) is 53.4 Å². The number of methoxy groups -OCH3 is 1. The molecule has 0 spiro atoms. The Morgan fingerprint density at radius 3 is 2.29 bits per heavy atom. The number of hydrogen-bond donors (Lipinski definition) is 0. The Balaban J connectivity index is 1.74. The van der Waals surface area contributed by atoms with Gasteiger partial charge in [0.05, 0.1) is 17.5 Å². The summed E-state index contributed by atoms with van der Waals surface area (Å²) in [5, 5.41) is 1.15. The number of carbonyl (C=O) groups is 1. The number of halogens is 3. The van der Waals surface area contributed by atoms with Crippen molar-refractivity contribution in [1.29, 1.82) is 0 Å². The quantitative estimate of drug-likeness (QED) is 0.261. The Hall–Kier alpha value is -3.19. The van der Waals surface area contributed by atoms with E-state index >= 15 is 0 Å². The van der Waals surface area contributed by atoms with Crippen LogP contribution >= 0.6 is 34.8 Å². The molecule has 3 aromatic carbocycles. The van der Waals surface area contributed by atoms with E-state index < -0.39 is 17.5 Å². The maximum atomic E-state index is 13.3. The van der Waals surface area contributed by atoms with Gasteiger partial charge < -0.3 is 18.6 Å². The van der Waals surface area contributed by atoms with Crippen LogP contribution in [0.1, 0.15) is 6.92 Å². The molecular weight excluding hydrogens is 503 g/mol. The largest absolute Gasteiger partial charge is 0.497 e. The summed E-state index contributed by atoms with van der Waals surface area (Å²) in [6.45, 7) is 1.47. The maximum absolute atomic E-state index is 13.3. The van der Waals surface area contributed by atoms with Gasteiger partial charge in [0.2, 0.25) is 11.2 Å². The van der Waals surface area contributed by atoms with Gasteiger partial charge in [-0.25, -0.2) is 4.79 Å². The van der Waals surface area contributed by atoms with Gasteiger partial charge >= 0.3 is 5.97 Å². The molecule has 34 heavy (non-hydrogen) atoms. The summed E-state index contributed by atoms with van der Waals surface area (Å²) in [6.07, 6.45) is -1.10. The number of hydrogen-bond acceptors (Lipinski definition) is 6. The van der Waals surface area contributed by atoms with Crippen molar-refractivity contribution >= 4 is 51.7 Å². The van der Waals surface area contributed by atoms with Crippen molar-refractivity contribution in [2.75, 3.05) is 7.11 Å². The predicted molar refractivity (Wildman–Crippen MR) is 132 cm³/mol. The lowest BCUT2D eigenvalue weighted by atomic mass is 10.1. The fourth-order valence-electron chi connectivity index (χ4n) is 3.17. The summed E-state index contributed by atoms with van der Waals surface area (Å²) >= 11 is 18.1. The molecule has 0 bridgehead atoms. The van der Waals surface area contributed by atoms with Crippen LogP contribution in [0.4, 0.5) is 0 Å². The summed E-state index contributed by atoms with van der Waals surface area (Å²) in [4.78, 5) is 26.2. The van der Waals surface area contributed by atoms with Crippen molar-refractivity contribution in [1.82, 2.24) is 0 Å². The third-order valence-corrected chi connectivity index (χ3v) is 5.66. The lowest BCUT2D eigenvalue weighted by molar-refractivity contribution is -0.141.